The van der Waals surface area contributed by atoms with Crippen LogP contribution >= 0.6 is 11.6 Å². The number of aromatic hydroxyl groups is 1. The Balaban J connectivity index is 1.72. The summed E-state index contributed by atoms with van der Waals surface area (Å²) >= 11 is 5.80. The summed E-state index contributed by atoms with van der Waals surface area (Å²) < 4.78 is 5.08. The Morgan fingerprint density at radius 3 is 2.73 bits per heavy atom. The Bertz CT molecular complexity index is 656. The van der Waals surface area contributed by atoms with Crippen molar-refractivity contribution in [3.8, 4) is 5.75 Å². The first kappa shape index (κ1) is 15.9. The Morgan fingerprint density at radius 1 is 1.23 bits per heavy atom. The van der Waals surface area contributed by atoms with Crippen molar-refractivity contribution >= 4 is 23.8 Å². The standard InChI is InChI=1S/C17H16ClNO3/c18-15-11-13(8-9-16(15)20)7-4-10-19-17(21)22-12-14-5-2-1-3-6-14/h1-9,11,20H,10,12H2,(H,19,21). The third-order valence-corrected chi connectivity index (χ3v) is 3.16. The summed E-state index contributed by atoms with van der Waals surface area (Å²) in [6.45, 7) is 0.579. The van der Waals surface area contributed by atoms with Gasteiger partial charge in [-0.3, -0.25) is 0 Å². The molecule has 22 heavy (non-hydrogen) atoms. The molecule has 2 N–H and O–H groups in total. The zero-order valence-electron chi connectivity index (χ0n) is 11.8. The van der Waals surface area contributed by atoms with Crippen molar-refractivity contribution in [3.63, 3.8) is 0 Å². The minimum Gasteiger partial charge on any atom is -0.506 e. The minimum absolute atomic E-state index is 0.0430. The van der Waals surface area contributed by atoms with Gasteiger partial charge in [-0.15, -0.1) is 0 Å². The maximum atomic E-state index is 11.5. The third kappa shape index (κ3) is 5.14. The van der Waals surface area contributed by atoms with Crippen molar-refractivity contribution < 1.29 is 14.6 Å². The zero-order chi connectivity index (χ0) is 15.8. The normalized spacial score (nSPS) is 10.6. The molecule has 0 heterocycles. The lowest BCUT2D eigenvalue weighted by Gasteiger charge is -2.05. The predicted molar refractivity (Wildman–Crippen MR) is 86.8 cm³/mol. The molecule has 0 fully saturated rings. The average molecular weight is 318 g/mol. The number of ether oxygens (including phenoxy) is 1. The Morgan fingerprint density at radius 2 is 2.00 bits per heavy atom. The number of amides is 1. The van der Waals surface area contributed by atoms with Crippen LogP contribution in [0.15, 0.2) is 54.6 Å². The van der Waals surface area contributed by atoms with Gasteiger partial charge in [-0.05, 0) is 23.3 Å². The molecule has 0 atom stereocenters. The van der Waals surface area contributed by atoms with Crippen LogP contribution in [0.25, 0.3) is 6.08 Å². The highest BCUT2D eigenvalue weighted by atomic mass is 35.5. The van der Waals surface area contributed by atoms with Crippen LogP contribution in [0.3, 0.4) is 0 Å². The van der Waals surface area contributed by atoms with Crippen LogP contribution in [0, 0.1) is 0 Å². The van der Waals surface area contributed by atoms with Crippen LogP contribution in [-0.2, 0) is 11.3 Å². The molecule has 2 aromatic carbocycles. The van der Waals surface area contributed by atoms with Crippen LogP contribution in [0.1, 0.15) is 11.1 Å². The summed E-state index contributed by atoms with van der Waals surface area (Å²) in [4.78, 5) is 11.5. The lowest BCUT2D eigenvalue weighted by molar-refractivity contribution is 0.141. The quantitative estimate of drug-likeness (QED) is 0.876. The molecule has 2 aromatic rings. The number of carbonyl (C=O) groups excluding carboxylic acids is 1. The first-order valence-electron chi connectivity index (χ1n) is 6.75. The first-order chi connectivity index (χ1) is 10.6. The number of rotatable bonds is 5. The fraction of sp³-hybridized carbons (Fsp3) is 0.118. The summed E-state index contributed by atoms with van der Waals surface area (Å²) in [6.07, 6.45) is 3.09. The number of phenols is 1. The second kappa shape index (κ2) is 8.10. The highest BCUT2D eigenvalue weighted by molar-refractivity contribution is 6.32. The summed E-state index contributed by atoms with van der Waals surface area (Å²) in [5, 5.41) is 12.2. The van der Waals surface area contributed by atoms with Crippen molar-refractivity contribution in [2.24, 2.45) is 0 Å². The van der Waals surface area contributed by atoms with Crippen LogP contribution in [0.4, 0.5) is 4.79 Å². The van der Waals surface area contributed by atoms with E-state index in [2.05, 4.69) is 5.32 Å². The van der Waals surface area contributed by atoms with E-state index in [1.807, 2.05) is 30.3 Å². The number of phenolic OH excluding ortho intramolecular Hbond substituents is 1. The molecule has 0 aliphatic rings. The molecular weight excluding hydrogens is 302 g/mol. The van der Waals surface area contributed by atoms with Gasteiger partial charge in [0.05, 0.1) is 5.02 Å². The largest absolute Gasteiger partial charge is 0.506 e. The van der Waals surface area contributed by atoms with E-state index in [-0.39, 0.29) is 17.4 Å². The molecule has 0 aliphatic carbocycles. The highest BCUT2D eigenvalue weighted by Crippen LogP contribution is 2.23. The van der Waals surface area contributed by atoms with Gasteiger partial charge in [-0.1, -0.05) is 60.2 Å². The van der Waals surface area contributed by atoms with Gasteiger partial charge in [0.15, 0.2) is 0 Å². The first-order valence-corrected chi connectivity index (χ1v) is 7.12. The number of alkyl carbamates (subject to hydrolysis) is 1. The van der Waals surface area contributed by atoms with Crippen LogP contribution in [-0.4, -0.2) is 17.7 Å². The second-order valence-corrected chi connectivity index (χ2v) is 4.96. The predicted octanol–water partition coefficient (Wildman–Crippen LogP) is 3.99. The number of nitrogens with one attached hydrogen (secondary N) is 1. The van der Waals surface area contributed by atoms with Crippen molar-refractivity contribution in [2.75, 3.05) is 6.54 Å². The molecule has 2 rings (SSSR count). The Kier molecular flexibility index (Phi) is 5.86. The van der Waals surface area contributed by atoms with E-state index in [9.17, 15) is 9.90 Å². The molecule has 114 valence electrons. The SMILES string of the molecule is O=C(NCC=Cc1ccc(O)c(Cl)c1)OCc1ccccc1. The summed E-state index contributed by atoms with van der Waals surface area (Å²) in [6, 6.07) is 14.4. The Hall–Kier alpha value is -2.46. The molecule has 0 aliphatic heterocycles. The van der Waals surface area contributed by atoms with Crippen LogP contribution < -0.4 is 5.32 Å². The lowest BCUT2D eigenvalue weighted by atomic mass is 10.2. The van der Waals surface area contributed by atoms with Gasteiger partial charge in [-0.25, -0.2) is 4.79 Å². The molecule has 0 radical (unpaired) electrons. The number of halogens is 1. The fourth-order valence-corrected chi connectivity index (χ4v) is 1.93. The Labute approximate surface area is 134 Å². The molecule has 0 unspecified atom stereocenters. The van der Waals surface area contributed by atoms with Crippen molar-refractivity contribution in [3.05, 3.63) is 70.8 Å². The maximum absolute atomic E-state index is 11.5. The number of hydrogen-bond acceptors (Lipinski definition) is 3. The van der Waals surface area contributed by atoms with Gasteiger partial charge in [0.1, 0.15) is 12.4 Å². The van der Waals surface area contributed by atoms with Gasteiger partial charge in [-0.2, -0.15) is 0 Å². The lowest BCUT2D eigenvalue weighted by Crippen LogP contribution is -2.24. The molecule has 0 aromatic heterocycles. The minimum atomic E-state index is -0.475. The summed E-state index contributed by atoms with van der Waals surface area (Å²) in [5.74, 6) is 0.0430. The van der Waals surface area contributed by atoms with Crippen LogP contribution in [0.5, 0.6) is 5.75 Å². The molecule has 0 saturated carbocycles. The monoisotopic (exact) mass is 317 g/mol. The molecule has 4 nitrogen and oxygen atoms in total. The van der Waals surface area contributed by atoms with Crippen molar-refractivity contribution in [1.29, 1.82) is 0 Å². The molecule has 0 bridgehead atoms. The van der Waals surface area contributed by atoms with Gasteiger partial charge in [0.25, 0.3) is 0 Å². The highest BCUT2D eigenvalue weighted by Gasteiger charge is 2.00. The van der Waals surface area contributed by atoms with E-state index < -0.39 is 6.09 Å². The molecule has 0 spiro atoms. The van der Waals surface area contributed by atoms with Crippen molar-refractivity contribution in [1.82, 2.24) is 5.32 Å². The summed E-state index contributed by atoms with van der Waals surface area (Å²) in [7, 11) is 0. The number of benzene rings is 2. The van der Waals surface area contributed by atoms with Gasteiger partial charge in [0.2, 0.25) is 0 Å². The van der Waals surface area contributed by atoms with Gasteiger partial charge >= 0.3 is 6.09 Å². The van der Waals surface area contributed by atoms with Gasteiger partial charge in [0, 0.05) is 6.54 Å². The molecule has 5 heteroatoms. The maximum Gasteiger partial charge on any atom is 0.407 e. The zero-order valence-corrected chi connectivity index (χ0v) is 12.6. The van der Waals surface area contributed by atoms with E-state index in [0.717, 1.165) is 11.1 Å². The van der Waals surface area contributed by atoms with E-state index in [4.69, 9.17) is 16.3 Å². The van der Waals surface area contributed by atoms with E-state index in [0.29, 0.717) is 6.54 Å². The fourth-order valence-electron chi connectivity index (χ4n) is 1.74. The van der Waals surface area contributed by atoms with Gasteiger partial charge < -0.3 is 15.2 Å². The molecule has 0 saturated heterocycles. The third-order valence-electron chi connectivity index (χ3n) is 2.86. The van der Waals surface area contributed by atoms with Crippen LogP contribution in [0.2, 0.25) is 5.02 Å². The second-order valence-electron chi connectivity index (χ2n) is 4.56. The van der Waals surface area contributed by atoms with E-state index >= 15 is 0 Å². The molecule has 1 amide bonds. The number of hydrogen-bond donors (Lipinski definition) is 2. The summed E-state index contributed by atoms with van der Waals surface area (Å²) in [5.41, 5.74) is 1.77. The number of carbonyl (C=O) groups is 1. The topological polar surface area (TPSA) is 58.6 Å². The van der Waals surface area contributed by atoms with Crippen molar-refractivity contribution in [2.45, 2.75) is 6.61 Å². The average Bonchev–Trinajstić information content (AvgIpc) is 2.54. The van der Waals surface area contributed by atoms with E-state index in [1.54, 1.807) is 24.3 Å². The molecular formula is C17H16ClNO3. The smallest absolute Gasteiger partial charge is 0.407 e. The van der Waals surface area contributed by atoms with E-state index in [1.165, 1.54) is 6.07 Å².